The normalized spacial score (nSPS) is 15.8. The quantitative estimate of drug-likeness (QED) is 0.311. The van der Waals surface area contributed by atoms with Crippen LogP contribution in [0.5, 0.6) is 5.75 Å². The van der Waals surface area contributed by atoms with Gasteiger partial charge in [-0.1, -0.05) is 127 Å². The molecular weight excluding hydrogens is 469 g/mol. The first-order chi connectivity index (χ1) is 16.6. The average Bonchev–Trinajstić information content (AvgIpc) is 3.12. The van der Waals surface area contributed by atoms with E-state index in [1.54, 1.807) is 10.8 Å². The van der Waals surface area contributed by atoms with E-state index in [1.807, 2.05) is 7.11 Å². The van der Waals surface area contributed by atoms with Crippen LogP contribution in [0.4, 0.5) is 0 Å². The predicted molar refractivity (Wildman–Crippen MR) is 164 cm³/mol. The lowest BCUT2D eigenvalue weighted by Crippen LogP contribution is -2.39. The van der Waals surface area contributed by atoms with Crippen molar-refractivity contribution >= 4 is 22.1 Å². The summed E-state index contributed by atoms with van der Waals surface area (Å²) in [7, 11) is -0.842. The Kier molecular flexibility index (Phi) is 6.75. The Labute approximate surface area is 222 Å². The highest BCUT2D eigenvalue weighted by Crippen LogP contribution is 2.54. The van der Waals surface area contributed by atoms with Crippen molar-refractivity contribution in [1.29, 1.82) is 0 Å². The van der Waals surface area contributed by atoms with Gasteiger partial charge in [-0.05, 0) is 40.2 Å². The van der Waals surface area contributed by atoms with Crippen molar-refractivity contribution < 1.29 is 4.74 Å². The van der Waals surface area contributed by atoms with Gasteiger partial charge < -0.3 is 4.74 Å². The number of hydrogen-bond donors (Lipinski definition) is 0. The molecule has 1 aliphatic carbocycles. The molecule has 192 valence electrons. The lowest BCUT2D eigenvalue weighted by molar-refractivity contribution is 0.385. The Balaban J connectivity index is 2.12. The zero-order chi connectivity index (χ0) is 26.8. The molecule has 0 saturated carbocycles. The Morgan fingerprint density at radius 2 is 1.44 bits per heavy atom. The van der Waals surface area contributed by atoms with Crippen molar-refractivity contribution in [3.8, 4) is 16.9 Å². The zero-order valence-corrected chi connectivity index (χ0v) is 26.8. The summed E-state index contributed by atoms with van der Waals surface area (Å²) in [4.78, 5) is 0. The van der Waals surface area contributed by atoms with Crippen molar-refractivity contribution in [3.63, 3.8) is 0 Å². The van der Waals surface area contributed by atoms with Gasteiger partial charge in [-0.15, -0.1) is 0 Å². The molecule has 1 nitrogen and oxygen atoms in total. The molecule has 0 saturated heterocycles. The van der Waals surface area contributed by atoms with Crippen LogP contribution >= 0.6 is 0 Å². The summed E-state index contributed by atoms with van der Waals surface area (Å²) in [6, 6.07) is 18.6. The van der Waals surface area contributed by atoms with Gasteiger partial charge in [-0.2, -0.15) is 0 Å². The third kappa shape index (κ3) is 4.22. The summed E-state index contributed by atoms with van der Waals surface area (Å²) in [5, 5.41) is 1.57. The van der Waals surface area contributed by atoms with E-state index in [-0.39, 0.29) is 10.8 Å². The maximum Gasteiger partial charge on any atom is 0.126 e. The zero-order valence-electron chi connectivity index (χ0n) is 24.7. The number of benzene rings is 3. The highest BCUT2D eigenvalue weighted by atomic mass is 28.3. The van der Waals surface area contributed by atoms with Crippen molar-refractivity contribution in [2.75, 3.05) is 7.11 Å². The van der Waals surface area contributed by atoms with Gasteiger partial charge in [0.2, 0.25) is 0 Å². The number of hydrogen-bond acceptors (Lipinski definition) is 1. The predicted octanol–water partition coefficient (Wildman–Crippen LogP) is 8.31. The highest BCUT2D eigenvalue weighted by molar-refractivity contribution is 6.78. The van der Waals surface area contributed by atoms with Crippen LogP contribution < -0.4 is 9.92 Å². The minimum Gasteiger partial charge on any atom is -0.496 e. The monoisotopic (exact) mass is 514 g/mol. The average molecular weight is 515 g/mol. The maximum atomic E-state index is 6.36. The summed E-state index contributed by atoms with van der Waals surface area (Å²) in [5.74, 6) is 1.10. The van der Waals surface area contributed by atoms with Gasteiger partial charge in [0.25, 0.3) is 0 Å². The second-order valence-electron chi connectivity index (χ2n) is 13.7. The first-order valence-electron chi connectivity index (χ1n) is 13.6. The topological polar surface area (TPSA) is 9.23 Å². The molecule has 3 aromatic carbocycles. The van der Waals surface area contributed by atoms with Gasteiger partial charge in [0, 0.05) is 22.1 Å². The van der Waals surface area contributed by atoms with Crippen LogP contribution in [0.2, 0.25) is 32.7 Å². The number of ether oxygens (including phenoxy) is 1. The van der Waals surface area contributed by atoms with Gasteiger partial charge >= 0.3 is 0 Å². The van der Waals surface area contributed by atoms with E-state index in [0.717, 1.165) is 5.75 Å². The van der Waals surface area contributed by atoms with Crippen molar-refractivity contribution in [2.45, 2.75) is 90.6 Å². The number of rotatable bonds is 5. The third-order valence-corrected chi connectivity index (χ3v) is 12.5. The van der Waals surface area contributed by atoms with Crippen molar-refractivity contribution in [1.82, 2.24) is 0 Å². The number of methoxy groups -OCH3 is 1. The fraction of sp³-hybridized carbons (Fsp3) is 0.455. The molecule has 0 amide bonds. The second kappa shape index (κ2) is 9.02. The molecule has 1 unspecified atom stereocenters. The smallest absolute Gasteiger partial charge is 0.126 e. The number of aryl methyl sites for hydroxylation is 1. The molecule has 0 fully saturated rings. The van der Waals surface area contributed by atoms with Crippen LogP contribution in [0.1, 0.15) is 73.5 Å². The van der Waals surface area contributed by atoms with Crippen LogP contribution in [0.3, 0.4) is 0 Å². The fourth-order valence-corrected chi connectivity index (χ4v) is 11.2. The minimum atomic E-state index is -1.57. The van der Waals surface area contributed by atoms with Gasteiger partial charge in [0.05, 0.1) is 24.0 Å². The molecule has 0 bridgehead atoms. The van der Waals surface area contributed by atoms with Gasteiger partial charge in [-0.25, -0.2) is 0 Å². The van der Waals surface area contributed by atoms with E-state index in [9.17, 15) is 0 Å². The molecule has 1 aliphatic rings. The van der Waals surface area contributed by atoms with Crippen LogP contribution in [-0.4, -0.2) is 24.0 Å². The molecule has 0 radical (unpaired) electrons. The standard InChI is InChI=1S/C33H46OSi2/c1-21-20-26(32(2,3)4)29(34-7)28(30(21)35(8)9)33(5,6)25-19-15-18-23-22-16-13-14-17-24(22)31(27(23)25)36(10,11)12/h13-20,31,35H,1-12H3. The Morgan fingerprint density at radius 3 is 2.00 bits per heavy atom. The molecule has 0 aromatic heterocycles. The molecule has 3 aromatic rings. The molecule has 0 aliphatic heterocycles. The molecule has 3 heteroatoms. The van der Waals surface area contributed by atoms with Crippen LogP contribution in [0, 0.1) is 6.92 Å². The Bertz CT molecular complexity index is 1300. The van der Waals surface area contributed by atoms with Crippen molar-refractivity contribution in [3.05, 3.63) is 81.9 Å². The largest absolute Gasteiger partial charge is 0.496 e. The first kappa shape index (κ1) is 26.9. The molecule has 36 heavy (non-hydrogen) atoms. The molecule has 4 rings (SSSR count). The van der Waals surface area contributed by atoms with E-state index in [0.29, 0.717) is 5.54 Å². The van der Waals surface area contributed by atoms with Crippen LogP contribution in [0.25, 0.3) is 11.1 Å². The summed E-state index contributed by atoms with van der Waals surface area (Å²) in [6.45, 7) is 26.7. The minimum absolute atomic E-state index is 0.00767. The van der Waals surface area contributed by atoms with E-state index in [1.165, 1.54) is 38.9 Å². The number of fused-ring (bicyclic) bond motifs is 3. The molecule has 0 spiro atoms. The van der Waals surface area contributed by atoms with E-state index in [4.69, 9.17) is 4.74 Å². The summed E-state index contributed by atoms with van der Waals surface area (Å²) < 4.78 is 6.36. The maximum absolute atomic E-state index is 6.36. The highest BCUT2D eigenvalue weighted by Gasteiger charge is 2.43. The van der Waals surface area contributed by atoms with Crippen molar-refractivity contribution in [2.24, 2.45) is 0 Å². The molecule has 0 heterocycles. The Morgan fingerprint density at radius 1 is 0.833 bits per heavy atom. The third-order valence-electron chi connectivity index (χ3n) is 8.24. The van der Waals surface area contributed by atoms with Crippen LogP contribution in [-0.2, 0) is 10.8 Å². The summed E-state index contributed by atoms with van der Waals surface area (Å²) >= 11 is 0. The lowest BCUT2D eigenvalue weighted by Gasteiger charge is -2.38. The lowest BCUT2D eigenvalue weighted by atomic mass is 9.72. The van der Waals surface area contributed by atoms with Gasteiger partial charge in [0.15, 0.2) is 0 Å². The van der Waals surface area contributed by atoms with E-state index < -0.39 is 16.9 Å². The fourth-order valence-electron chi connectivity index (χ4n) is 6.79. The van der Waals surface area contributed by atoms with Gasteiger partial charge in [-0.3, -0.25) is 0 Å². The second-order valence-corrected chi connectivity index (χ2v) is 21.9. The SMILES string of the molecule is COc1c(C(C)(C)C)cc(C)c([SiH](C)C)c1C(C)(C)c1cccc2c1C([Si](C)(C)C)c1ccccc1-2. The summed E-state index contributed by atoms with van der Waals surface area (Å²) in [6.07, 6.45) is 0. The van der Waals surface area contributed by atoms with E-state index >= 15 is 0 Å². The van der Waals surface area contributed by atoms with E-state index in [2.05, 4.69) is 123 Å². The first-order valence-corrected chi connectivity index (χ1v) is 20.0. The Hall–Kier alpha value is -2.11. The van der Waals surface area contributed by atoms with Crippen LogP contribution in [0.15, 0.2) is 48.5 Å². The molecule has 0 N–H and O–H groups in total. The molecular formula is C33H46OSi2. The molecule has 1 atom stereocenters. The van der Waals surface area contributed by atoms with Gasteiger partial charge in [0.1, 0.15) is 5.75 Å². The summed E-state index contributed by atoms with van der Waals surface area (Å²) in [5.41, 5.74) is 11.9.